The largest absolute Gasteiger partial charge is 0.355 e. The fourth-order valence-electron chi connectivity index (χ4n) is 2.31. The van der Waals surface area contributed by atoms with Gasteiger partial charge < -0.3 is 10.6 Å². The number of benzene rings is 1. The molecule has 0 bridgehead atoms. The molecular weight excluding hydrogens is 280 g/mol. The Morgan fingerprint density at radius 2 is 2.29 bits per heavy atom. The van der Waals surface area contributed by atoms with Crippen molar-refractivity contribution in [1.82, 2.24) is 10.6 Å². The maximum atomic E-state index is 10.7. The van der Waals surface area contributed by atoms with Crippen LogP contribution in [0.1, 0.15) is 30.5 Å². The lowest BCUT2D eigenvalue weighted by molar-refractivity contribution is -0.118. The first-order valence-corrected chi connectivity index (χ1v) is 6.73. The fourth-order valence-corrected chi connectivity index (χ4v) is 2.89. The first kappa shape index (κ1) is 12.6. The molecule has 0 saturated carbocycles. The smallest absolute Gasteiger partial charge is 0.216 e. The minimum atomic E-state index is 0.0290. The summed E-state index contributed by atoms with van der Waals surface area (Å²) in [5, 5.41) is 6.28. The molecule has 3 nitrogen and oxygen atoms in total. The minimum Gasteiger partial charge on any atom is -0.355 e. The summed E-state index contributed by atoms with van der Waals surface area (Å²) >= 11 is 3.59. The van der Waals surface area contributed by atoms with Gasteiger partial charge in [0.25, 0.3) is 0 Å². The van der Waals surface area contributed by atoms with E-state index in [9.17, 15) is 4.79 Å². The SMILES string of the molecule is CC(=O)NCCNC1CCc2c(Br)cccc21. The first-order valence-electron chi connectivity index (χ1n) is 5.93. The zero-order chi connectivity index (χ0) is 12.3. The van der Waals surface area contributed by atoms with Crippen molar-refractivity contribution in [3.05, 3.63) is 33.8 Å². The molecule has 2 rings (SSSR count). The van der Waals surface area contributed by atoms with E-state index in [2.05, 4.69) is 44.8 Å². The zero-order valence-corrected chi connectivity index (χ0v) is 11.5. The van der Waals surface area contributed by atoms with Crippen LogP contribution in [0.3, 0.4) is 0 Å². The van der Waals surface area contributed by atoms with E-state index in [1.54, 1.807) is 6.92 Å². The molecule has 1 aliphatic rings. The first-order chi connectivity index (χ1) is 8.18. The highest BCUT2D eigenvalue weighted by Gasteiger charge is 2.22. The number of carbonyl (C=O) groups excluding carboxylic acids is 1. The number of hydrogen-bond donors (Lipinski definition) is 2. The molecular formula is C13H17BrN2O. The molecule has 1 aliphatic carbocycles. The second kappa shape index (κ2) is 5.65. The Labute approximate surface area is 110 Å². The van der Waals surface area contributed by atoms with Gasteiger partial charge in [-0.05, 0) is 30.0 Å². The van der Waals surface area contributed by atoms with E-state index in [4.69, 9.17) is 0 Å². The van der Waals surface area contributed by atoms with E-state index < -0.39 is 0 Å². The molecule has 0 saturated heterocycles. The Morgan fingerprint density at radius 1 is 1.47 bits per heavy atom. The van der Waals surface area contributed by atoms with Gasteiger partial charge in [0.2, 0.25) is 5.91 Å². The van der Waals surface area contributed by atoms with Crippen molar-refractivity contribution in [3.63, 3.8) is 0 Å². The van der Waals surface area contributed by atoms with Gasteiger partial charge in [-0.25, -0.2) is 0 Å². The van der Waals surface area contributed by atoms with Crippen LogP contribution in [-0.4, -0.2) is 19.0 Å². The van der Waals surface area contributed by atoms with Crippen LogP contribution < -0.4 is 10.6 Å². The highest BCUT2D eigenvalue weighted by atomic mass is 79.9. The Morgan fingerprint density at radius 3 is 3.06 bits per heavy atom. The predicted octanol–water partition coefficient (Wildman–Crippen LogP) is 2.16. The number of rotatable bonds is 4. The highest BCUT2D eigenvalue weighted by Crippen LogP contribution is 2.35. The number of halogens is 1. The molecule has 4 heteroatoms. The Hall–Kier alpha value is -0.870. The van der Waals surface area contributed by atoms with Gasteiger partial charge in [0.05, 0.1) is 0 Å². The molecule has 1 amide bonds. The van der Waals surface area contributed by atoms with Gasteiger partial charge in [0.1, 0.15) is 0 Å². The third-order valence-electron chi connectivity index (χ3n) is 3.10. The number of carbonyl (C=O) groups is 1. The molecule has 0 aliphatic heterocycles. The lowest BCUT2D eigenvalue weighted by Gasteiger charge is -2.14. The topological polar surface area (TPSA) is 41.1 Å². The van der Waals surface area contributed by atoms with Crippen LogP contribution in [0, 0.1) is 0 Å². The summed E-state index contributed by atoms with van der Waals surface area (Å²) in [6.45, 7) is 3.05. The van der Waals surface area contributed by atoms with Crippen LogP contribution in [0.4, 0.5) is 0 Å². The maximum Gasteiger partial charge on any atom is 0.216 e. The van der Waals surface area contributed by atoms with Crippen molar-refractivity contribution in [2.45, 2.75) is 25.8 Å². The molecule has 0 radical (unpaired) electrons. The summed E-state index contributed by atoms with van der Waals surface area (Å²) < 4.78 is 1.21. The number of amides is 1. The van der Waals surface area contributed by atoms with Crippen LogP contribution in [0.5, 0.6) is 0 Å². The number of hydrogen-bond acceptors (Lipinski definition) is 2. The van der Waals surface area contributed by atoms with Crippen molar-refractivity contribution in [2.24, 2.45) is 0 Å². The molecule has 17 heavy (non-hydrogen) atoms. The second-order valence-electron chi connectivity index (χ2n) is 4.34. The fraction of sp³-hybridized carbons (Fsp3) is 0.462. The van der Waals surface area contributed by atoms with E-state index in [0.29, 0.717) is 12.6 Å². The lowest BCUT2D eigenvalue weighted by Crippen LogP contribution is -2.31. The standard InChI is InChI=1S/C13H17BrN2O/c1-9(17)15-7-8-16-13-6-5-10-11(13)3-2-4-12(10)14/h2-4,13,16H,5-8H2,1H3,(H,15,17). The summed E-state index contributed by atoms with van der Waals surface area (Å²) in [4.78, 5) is 10.7. The molecule has 1 atom stereocenters. The molecule has 92 valence electrons. The zero-order valence-electron chi connectivity index (χ0n) is 9.92. The molecule has 0 fully saturated rings. The van der Waals surface area contributed by atoms with Gasteiger partial charge in [-0.1, -0.05) is 28.1 Å². The third kappa shape index (κ3) is 3.07. The summed E-state index contributed by atoms with van der Waals surface area (Å²) in [7, 11) is 0. The van der Waals surface area contributed by atoms with E-state index in [0.717, 1.165) is 19.4 Å². The van der Waals surface area contributed by atoms with Gasteiger partial charge in [0.15, 0.2) is 0 Å². The molecule has 0 heterocycles. The van der Waals surface area contributed by atoms with Crippen LogP contribution in [-0.2, 0) is 11.2 Å². The van der Waals surface area contributed by atoms with Crippen molar-refractivity contribution in [3.8, 4) is 0 Å². The van der Waals surface area contributed by atoms with Gasteiger partial charge in [0, 0.05) is 30.5 Å². The van der Waals surface area contributed by atoms with Crippen molar-refractivity contribution >= 4 is 21.8 Å². The summed E-state index contributed by atoms with van der Waals surface area (Å²) in [5.41, 5.74) is 2.81. The highest BCUT2D eigenvalue weighted by molar-refractivity contribution is 9.10. The summed E-state index contributed by atoms with van der Waals surface area (Å²) in [6, 6.07) is 6.79. The minimum absolute atomic E-state index is 0.0290. The van der Waals surface area contributed by atoms with Gasteiger partial charge >= 0.3 is 0 Å². The molecule has 0 aromatic heterocycles. The van der Waals surface area contributed by atoms with E-state index in [1.807, 2.05) is 0 Å². The molecule has 0 spiro atoms. The van der Waals surface area contributed by atoms with Crippen LogP contribution in [0.25, 0.3) is 0 Å². The van der Waals surface area contributed by atoms with Crippen molar-refractivity contribution in [2.75, 3.05) is 13.1 Å². The average Bonchev–Trinajstić information content (AvgIpc) is 2.69. The Bertz CT molecular complexity index is 420. The third-order valence-corrected chi connectivity index (χ3v) is 3.85. The van der Waals surface area contributed by atoms with Gasteiger partial charge in [-0.3, -0.25) is 4.79 Å². The quantitative estimate of drug-likeness (QED) is 0.836. The Kier molecular flexibility index (Phi) is 4.18. The van der Waals surface area contributed by atoms with Crippen molar-refractivity contribution in [1.29, 1.82) is 0 Å². The molecule has 1 aromatic rings. The second-order valence-corrected chi connectivity index (χ2v) is 5.19. The monoisotopic (exact) mass is 296 g/mol. The normalized spacial score (nSPS) is 17.9. The van der Waals surface area contributed by atoms with E-state index >= 15 is 0 Å². The van der Waals surface area contributed by atoms with Crippen molar-refractivity contribution < 1.29 is 4.79 Å². The lowest BCUT2D eigenvalue weighted by atomic mass is 10.1. The Balaban J connectivity index is 1.89. The number of fused-ring (bicyclic) bond motifs is 1. The molecule has 1 aromatic carbocycles. The average molecular weight is 297 g/mol. The van der Waals surface area contributed by atoms with Crippen LogP contribution >= 0.6 is 15.9 Å². The summed E-state index contributed by atoms with van der Waals surface area (Å²) in [6.07, 6.45) is 2.26. The predicted molar refractivity (Wildman–Crippen MR) is 71.9 cm³/mol. The van der Waals surface area contributed by atoms with E-state index in [-0.39, 0.29) is 5.91 Å². The molecule has 2 N–H and O–H groups in total. The van der Waals surface area contributed by atoms with Gasteiger partial charge in [-0.15, -0.1) is 0 Å². The van der Waals surface area contributed by atoms with Crippen LogP contribution in [0.2, 0.25) is 0 Å². The number of nitrogens with one attached hydrogen (secondary N) is 2. The van der Waals surface area contributed by atoms with E-state index in [1.165, 1.54) is 15.6 Å². The van der Waals surface area contributed by atoms with Gasteiger partial charge in [-0.2, -0.15) is 0 Å². The summed E-state index contributed by atoms with van der Waals surface area (Å²) in [5.74, 6) is 0.0290. The maximum absolute atomic E-state index is 10.7. The van der Waals surface area contributed by atoms with Crippen LogP contribution in [0.15, 0.2) is 22.7 Å². The molecule has 1 unspecified atom stereocenters.